The largest absolute Gasteiger partial charge is 0.497 e. The minimum atomic E-state index is -0.615. The first-order chi connectivity index (χ1) is 17.0. The summed E-state index contributed by atoms with van der Waals surface area (Å²) in [6.45, 7) is -0.383. The monoisotopic (exact) mass is 490 g/mol. The van der Waals surface area contributed by atoms with Crippen LogP contribution >= 0.6 is 11.3 Å². The first-order valence-corrected chi connectivity index (χ1v) is 12.0. The molecule has 1 aliphatic rings. The van der Waals surface area contributed by atoms with E-state index in [1.165, 1.54) is 11.3 Å². The number of fused-ring (bicyclic) bond motifs is 2. The van der Waals surface area contributed by atoms with E-state index in [2.05, 4.69) is 15.6 Å². The second-order valence-electron chi connectivity index (χ2n) is 8.07. The maximum Gasteiger partial charge on any atom is 0.343 e. The quantitative estimate of drug-likeness (QED) is 0.409. The Morgan fingerprint density at radius 1 is 1.09 bits per heavy atom. The number of benzene rings is 2. The number of methoxy groups -OCH3 is 1. The van der Waals surface area contributed by atoms with Gasteiger partial charge in [0.15, 0.2) is 6.73 Å². The van der Waals surface area contributed by atoms with Gasteiger partial charge >= 0.3 is 5.97 Å². The smallest absolute Gasteiger partial charge is 0.343 e. The summed E-state index contributed by atoms with van der Waals surface area (Å²) in [7, 11) is 1.56. The van der Waals surface area contributed by atoms with E-state index in [0.717, 1.165) is 40.8 Å². The van der Waals surface area contributed by atoms with Crippen LogP contribution in [0, 0.1) is 0 Å². The van der Waals surface area contributed by atoms with E-state index in [4.69, 9.17) is 9.47 Å². The third-order valence-electron chi connectivity index (χ3n) is 5.90. The summed E-state index contributed by atoms with van der Waals surface area (Å²) in [6.07, 6.45) is 3.54. The van der Waals surface area contributed by atoms with Gasteiger partial charge in [-0.15, -0.1) is 16.4 Å². The zero-order chi connectivity index (χ0) is 24.4. The molecular weight excluding hydrogens is 468 g/mol. The summed E-state index contributed by atoms with van der Waals surface area (Å²) in [5.41, 5.74) is 1.75. The van der Waals surface area contributed by atoms with Gasteiger partial charge in [0.05, 0.1) is 18.1 Å². The summed E-state index contributed by atoms with van der Waals surface area (Å²) in [5.74, 6) is -0.308. The Morgan fingerprint density at radius 2 is 1.86 bits per heavy atom. The van der Waals surface area contributed by atoms with Crippen LogP contribution in [0.25, 0.3) is 10.9 Å². The Morgan fingerprint density at radius 3 is 2.66 bits per heavy atom. The molecule has 1 aliphatic carbocycles. The highest BCUT2D eigenvalue weighted by Crippen LogP contribution is 2.39. The van der Waals surface area contributed by atoms with Gasteiger partial charge in [-0.1, -0.05) is 17.3 Å². The van der Waals surface area contributed by atoms with Gasteiger partial charge in [0.25, 0.3) is 11.5 Å². The standard InChI is InChI=1S/C25H22N4O5S/c1-33-16-12-10-15(11-13-16)22(30)26-23-21(18-7-3-5-9-20(18)35-23)25(32)34-14-29-24(31)17-6-2-4-8-19(17)27-28-29/h2,4,6,8,10-13H,3,5,7,9,14H2,1H3,(H,26,30). The molecule has 1 N–H and O–H groups in total. The number of nitrogens with zero attached hydrogens (tertiary/aromatic N) is 3. The van der Waals surface area contributed by atoms with Crippen molar-refractivity contribution in [3.05, 3.63) is 80.5 Å². The number of amides is 1. The van der Waals surface area contributed by atoms with Gasteiger partial charge in [0, 0.05) is 10.4 Å². The molecule has 4 aromatic rings. The predicted molar refractivity (Wildman–Crippen MR) is 131 cm³/mol. The van der Waals surface area contributed by atoms with E-state index >= 15 is 0 Å². The molecule has 10 heteroatoms. The van der Waals surface area contributed by atoms with Crippen LogP contribution in [0.2, 0.25) is 0 Å². The summed E-state index contributed by atoms with van der Waals surface area (Å²) in [4.78, 5) is 39.8. The molecule has 1 amide bonds. The summed E-state index contributed by atoms with van der Waals surface area (Å²) in [6, 6.07) is 13.6. The molecule has 178 valence electrons. The van der Waals surface area contributed by atoms with Gasteiger partial charge in [0.2, 0.25) is 0 Å². The molecule has 2 heterocycles. The van der Waals surface area contributed by atoms with Crippen LogP contribution in [0.15, 0.2) is 53.3 Å². The highest BCUT2D eigenvalue weighted by atomic mass is 32.1. The highest BCUT2D eigenvalue weighted by molar-refractivity contribution is 7.17. The number of aromatic nitrogens is 3. The van der Waals surface area contributed by atoms with Crippen LogP contribution < -0.4 is 15.6 Å². The minimum absolute atomic E-state index is 0.336. The lowest BCUT2D eigenvalue weighted by Crippen LogP contribution is -2.27. The van der Waals surface area contributed by atoms with Crippen LogP contribution in [0.5, 0.6) is 5.75 Å². The molecule has 9 nitrogen and oxygen atoms in total. The average molecular weight is 491 g/mol. The Hall–Kier alpha value is -4.05. The molecular formula is C25H22N4O5S. The number of aryl methyl sites for hydroxylation is 1. The van der Waals surface area contributed by atoms with Crippen LogP contribution in [0.4, 0.5) is 5.00 Å². The molecule has 0 atom stereocenters. The van der Waals surface area contributed by atoms with Crippen molar-refractivity contribution in [3.63, 3.8) is 0 Å². The second kappa shape index (κ2) is 9.67. The van der Waals surface area contributed by atoms with E-state index in [9.17, 15) is 14.4 Å². The lowest BCUT2D eigenvalue weighted by molar-refractivity contribution is 0.0336. The van der Waals surface area contributed by atoms with Crippen molar-refractivity contribution in [2.75, 3.05) is 12.4 Å². The maximum atomic E-state index is 13.2. The van der Waals surface area contributed by atoms with Crippen molar-refractivity contribution in [1.29, 1.82) is 0 Å². The van der Waals surface area contributed by atoms with Gasteiger partial charge in [-0.2, -0.15) is 4.68 Å². The van der Waals surface area contributed by atoms with Gasteiger partial charge in [-0.3, -0.25) is 9.59 Å². The topological polar surface area (TPSA) is 112 Å². The fraction of sp³-hybridized carbons (Fsp3) is 0.240. The zero-order valence-corrected chi connectivity index (χ0v) is 19.8. The van der Waals surface area contributed by atoms with Gasteiger partial charge in [-0.05, 0) is 67.6 Å². The van der Waals surface area contributed by atoms with Crippen molar-refractivity contribution in [2.24, 2.45) is 0 Å². The third-order valence-corrected chi connectivity index (χ3v) is 7.11. The second-order valence-corrected chi connectivity index (χ2v) is 9.17. The third kappa shape index (κ3) is 4.52. The van der Waals surface area contributed by atoms with Crippen LogP contribution in [0.3, 0.4) is 0 Å². The molecule has 35 heavy (non-hydrogen) atoms. The van der Waals surface area contributed by atoms with Crippen molar-refractivity contribution in [3.8, 4) is 5.75 Å². The molecule has 0 aliphatic heterocycles. The van der Waals surface area contributed by atoms with E-state index < -0.39 is 11.5 Å². The fourth-order valence-electron chi connectivity index (χ4n) is 4.09. The van der Waals surface area contributed by atoms with Crippen LogP contribution in [0.1, 0.15) is 44.0 Å². The predicted octanol–water partition coefficient (Wildman–Crippen LogP) is 3.81. The molecule has 0 saturated heterocycles. The normalized spacial score (nSPS) is 12.7. The Kier molecular flexibility index (Phi) is 6.28. The lowest BCUT2D eigenvalue weighted by Gasteiger charge is -2.13. The number of rotatable bonds is 6. The fourth-order valence-corrected chi connectivity index (χ4v) is 5.36. The van der Waals surface area contributed by atoms with Crippen molar-refractivity contribution >= 4 is 39.1 Å². The highest BCUT2D eigenvalue weighted by Gasteiger charge is 2.28. The maximum absolute atomic E-state index is 13.2. The number of carbonyl (C=O) groups excluding carboxylic acids is 2. The van der Waals surface area contributed by atoms with E-state index in [1.54, 1.807) is 55.6 Å². The van der Waals surface area contributed by atoms with E-state index in [-0.39, 0.29) is 12.6 Å². The van der Waals surface area contributed by atoms with Crippen molar-refractivity contribution in [2.45, 2.75) is 32.4 Å². The minimum Gasteiger partial charge on any atom is -0.497 e. The number of anilines is 1. The number of carbonyl (C=O) groups is 2. The summed E-state index contributed by atoms with van der Waals surface area (Å²) in [5, 5.41) is 11.6. The van der Waals surface area contributed by atoms with E-state index in [0.29, 0.717) is 32.8 Å². The molecule has 5 rings (SSSR count). The lowest BCUT2D eigenvalue weighted by atomic mass is 9.95. The summed E-state index contributed by atoms with van der Waals surface area (Å²) < 4.78 is 11.6. The number of thiophene rings is 1. The Bertz CT molecular complexity index is 1480. The molecule has 0 saturated carbocycles. The first-order valence-electron chi connectivity index (χ1n) is 11.1. The number of esters is 1. The van der Waals surface area contributed by atoms with Crippen LogP contribution in [-0.2, 0) is 24.3 Å². The average Bonchev–Trinajstić information content (AvgIpc) is 3.26. The van der Waals surface area contributed by atoms with Crippen LogP contribution in [-0.4, -0.2) is 34.0 Å². The number of hydrogen-bond donors (Lipinski definition) is 1. The molecule has 0 fully saturated rings. The molecule has 0 radical (unpaired) electrons. The Balaban J connectivity index is 1.40. The summed E-state index contributed by atoms with van der Waals surface area (Å²) >= 11 is 1.39. The van der Waals surface area contributed by atoms with Gasteiger partial charge in [0.1, 0.15) is 16.3 Å². The number of nitrogens with one attached hydrogen (secondary N) is 1. The van der Waals surface area contributed by atoms with Crippen molar-refractivity contribution in [1.82, 2.24) is 15.0 Å². The number of hydrogen-bond acceptors (Lipinski definition) is 8. The zero-order valence-electron chi connectivity index (χ0n) is 18.9. The van der Waals surface area contributed by atoms with Gasteiger partial charge < -0.3 is 14.8 Å². The molecule has 2 aromatic carbocycles. The molecule has 0 unspecified atom stereocenters. The number of ether oxygens (including phenoxy) is 2. The van der Waals surface area contributed by atoms with Crippen molar-refractivity contribution < 1.29 is 19.1 Å². The van der Waals surface area contributed by atoms with Gasteiger partial charge in [-0.25, -0.2) is 4.79 Å². The SMILES string of the molecule is COc1ccc(C(=O)Nc2sc3c(c2C(=O)OCn2nnc4ccccc4c2=O)CCCC3)cc1. The first kappa shape index (κ1) is 22.7. The molecule has 0 spiro atoms. The molecule has 0 bridgehead atoms. The Labute approximate surface area is 204 Å². The molecule has 2 aromatic heterocycles. The van der Waals surface area contributed by atoms with E-state index in [1.807, 2.05) is 0 Å².